The quantitative estimate of drug-likeness (QED) is 0.561. The number of pyridine rings is 1. The third-order valence-electron chi connectivity index (χ3n) is 4.44. The number of allylic oxidation sites excluding steroid dienone is 1. The topological polar surface area (TPSA) is 70.3 Å². The van der Waals surface area contributed by atoms with E-state index in [1.807, 2.05) is 62.5 Å². The van der Waals surface area contributed by atoms with Gasteiger partial charge in [0.1, 0.15) is 11.9 Å². The molecule has 0 fully saturated rings. The van der Waals surface area contributed by atoms with Crippen molar-refractivity contribution < 1.29 is 0 Å². The molecular weight excluding hydrogens is 322 g/mol. The molecule has 3 heterocycles. The van der Waals surface area contributed by atoms with Gasteiger partial charge in [-0.25, -0.2) is 4.98 Å². The second-order valence-corrected chi connectivity index (χ2v) is 6.15. The molecule has 1 aromatic carbocycles. The van der Waals surface area contributed by atoms with Gasteiger partial charge in [0, 0.05) is 17.6 Å². The number of nitrogens with one attached hydrogen (secondary N) is 1. The smallest absolute Gasteiger partial charge is 0.149 e. The third-order valence-corrected chi connectivity index (χ3v) is 4.44. The summed E-state index contributed by atoms with van der Waals surface area (Å²) in [4.78, 5) is 12.0. The van der Waals surface area contributed by atoms with Gasteiger partial charge in [0.25, 0.3) is 0 Å². The average molecular weight is 339 g/mol. The minimum Gasteiger partial charge on any atom is -0.337 e. The summed E-state index contributed by atoms with van der Waals surface area (Å²) in [6, 6.07) is 16.0. The molecule has 5 heteroatoms. The zero-order valence-electron chi connectivity index (χ0n) is 14.6. The van der Waals surface area contributed by atoms with Crippen LogP contribution in [0.5, 0.6) is 0 Å². The SMILES string of the molecule is Cc1cc(C=C(C#N)c2nc3ccccc3[nH]2)c(C)n1-c1cccnc1. The van der Waals surface area contributed by atoms with Crippen LogP contribution in [0.3, 0.4) is 0 Å². The third kappa shape index (κ3) is 2.68. The Bertz CT molecular complexity index is 1120. The highest BCUT2D eigenvalue weighted by atomic mass is 15.0. The van der Waals surface area contributed by atoms with E-state index in [1.54, 1.807) is 6.20 Å². The first-order valence-corrected chi connectivity index (χ1v) is 8.33. The molecule has 26 heavy (non-hydrogen) atoms. The number of imidazole rings is 1. The van der Waals surface area contributed by atoms with Crippen LogP contribution >= 0.6 is 0 Å². The van der Waals surface area contributed by atoms with Gasteiger partial charge >= 0.3 is 0 Å². The molecule has 0 aliphatic heterocycles. The van der Waals surface area contributed by atoms with E-state index < -0.39 is 0 Å². The number of H-pyrrole nitrogens is 1. The maximum atomic E-state index is 9.65. The zero-order valence-corrected chi connectivity index (χ0v) is 14.6. The number of aromatic amines is 1. The molecule has 4 rings (SSSR count). The van der Waals surface area contributed by atoms with Crippen molar-refractivity contribution in [2.24, 2.45) is 0 Å². The van der Waals surface area contributed by atoms with E-state index in [-0.39, 0.29) is 0 Å². The van der Waals surface area contributed by atoms with E-state index in [1.165, 1.54) is 0 Å². The fraction of sp³-hybridized carbons (Fsp3) is 0.0952. The van der Waals surface area contributed by atoms with Crippen LogP contribution in [0.25, 0.3) is 28.4 Å². The monoisotopic (exact) mass is 339 g/mol. The summed E-state index contributed by atoms with van der Waals surface area (Å²) >= 11 is 0. The van der Waals surface area contributed by atoms with Crippen LogP contribution in [-0.4, -0.2) is 19.5 Å². The summed E-state index contributed by atoms with van der Waals surface area (Å²) in [5, 5.41) is 9.65. The lowest BCUT2D eigenvalue weighted by Crippen LogP contribution is -1.99. The van der Waals surface area contributed by atoms with E-state index in [4.69, 9.17) is 0 Å². The first kappa shape index (κ1) is 15.9. The van der Waals surface area contributed by atoms with Crippen molar-refractivity contribution in [2.75, 3.05) is 0 Å². The number of nitrogens with zero attached hydrogens (tertiary/aromatic N) is 4. The summed E-state index contributed by atoms with van der Waals surface area (Å²) < 4.78 is 2.13. The molecule has 0 spiro atoms. The highest BCUT2D eigenvalue weighted by Crippen LogP contribution is 2.25. The van der Waals surface area contributed by atoms with E-state index >= 15 is 0 Å². The van der Waals surface area contributed by atoms with Crippen LogP contribution in [0, 0.1) is 25.2 Å². The summed E-state index contributed by atoms with van der Waals surface area (Å²) in [5.41, 5.74) is 6.41. The van der Waals surface area contributed by atoms with Crippen molar-refractivity contribution in [3.8, 4) is 11.8 Å². The van der Waals surface area contributed by atoms with E-state index in [0.717, 1.165) is 33.7 Å². The van der Waals surface area contributed by atoms with E-state index in [2.05, 4.69) is 31.7 Å². The van der Waals surface area contributed by atoms with Crippen molar-refractivity contribution in [1.82, 2.24) is 19.5 Å². The van der Waals surface area contributed by atoms with E-state index in [9.17, 15) is 5.26 Å². The predicted molar refractivity (Wildman–Crippen MR) is 103 cm³/mol. The molecule has 0 aliphatic rings. The number of aromatic nitrogens is 4. The first-order chi connectivity index (χ1) is 12.7. The molecule has 4 aromatic rings. The standard InChI is InChI=1S/C21H17N5/c1-14-10-16(15(2)26(14)18-6-5-9-23-13-18)11-17(12-22)21-24-19-7-3-4-8-20(19)25-21/h3-11,13H,1-2H3,(H,24,25). The molecule has 0 bridgehead atoms. The van der Waals surface area contributed by atoms with Crippen LogP contribution in [0.1, 0.15) is 22.8 Å². The van der Waals surface area contributed by atoms with Gasteiger partial charge in [0.15, 0.2) is 0 Å². The Morgan fingerprint density at radius 1 is 1.19 bits per heavy atom. The van der Waals surface area contributed by atoms with Gasteiger partial charge in [-0.1, -0.05) is 12.1 Å². The molecule has 0 unspecified atom stereocenters. The number of rotatable bonds is 3. The Hall–Kier alpha value is -3.65. The molecular formula is C21H17N5. The number of hydrogen-bond acceptors (Lipinski definition) is 3. The second-order valence-electron chi connectivity index (χ2n) is 6.15. The molecule has 1 N–H and O–H groups in total. The zero-order chi connectivity index (χ0) is 18.1. The van der Waals surface area contributed by atoms with Gasteiger partial charge in [-0.05, 0) is 55.8 Å². The summed E-state index contributed by atoms with van der Waals surface area (Å²) in [5.74, 6) is 0.583. The Balaban J connectivity index is 1.81. The fourth-order valence-electron chi connectivity index (χ4n) is 3.21. The van der Waals surface area contributed by atoms with Crippen molar-refractivity contribution in [3.05, 3.63) is 77.6 Å². The maximum absolute atomic E-state index is 9.65. The number of hydrogen-bond donors (Lipinski definition) is 1. The maximum Gasteiger partial charge on any atom is 0.149 e. The van der Waals surface area contributed by atoms with Gasteiger partial charge in [-0.3, -0.25) is 4.98 Å². The van der Waals surface area contributed by atoms with Crippen molar-refractivity contribution in [2.45, 2.75) is 13.8 Å². The molecule has 0 atom stereocenters. The number of fused-ring (bicyclic) bond motifs is 1. The Kier molecular flexibility index (Phi) is 3.86. The van der Waals surface area contributed by atoms with Gasteiger partial charge in [0.2, 0.25) is 0 Å². The van der Waals surface area contributed by atoms with Gasteiger partial charge < -0.3 is 9.55 Å². The van der Waals surface area contributed by atoms with Crippen LogP contribution in [0.4, 0.5) is 0 Å². The van der Waals surface area contributed by atoms with Crippen LogP contribution in [-0.2, 0) is 0 Å². The lowest BCUT2D eigenvalue weighted by Gasteiger charge is -2.08. The van der Waals surface area contributed by atoms with Gasteiger partial charge in [0.05, 0.1) is 28.5 Å². The van der Waals surface area contributed by atoms with Gasteiger partial charge in [-0.15, -0.1) is 0 Å². The van der Waals surface area contributed by atoms with Crippen LogP contribution < -0.4 is 0 Å². The molecule has 0 saturated carbocycles. The molecule has 0 radical (unpaired) electrons. The Morgan fingerprint density at radius 2 is 2.04 bits per heavy atom. The molecule has 0 amide bonds. The molecule has 126 valence electrons. The minimum atomic E-state index is 0.507. The number of nitriles is 1. The minimum absolute atomic E-state index is 0.507. The van der Waals surface area contributed by atoms with Crippen LogP contribution in [0.15, 0.2) is 54.9 Å². The summed E-state index contributed by atoms with van der Waals surface area (Å²) in [7, 11) is 0. The Morgan fingerprint density at radius 3 is 2.77 bits per heavy atom. The highest BCUT2D eigenvalue weighted by molar-refractivity contribution is 5.90. The second kappa shape index (κ2) is 6.34. The predicted octanol–water partition coefficient (Wildman–Crippen LogP) is 4.43. The lowest BCUT2D eigenvalue weighted by molar-refractivity contribution is 0.954. The number of para-hydroxylation sites is 2. The number of benzene rings is 1. The normalized spacial score (nSPS) is 11.7. The van der Waals surface area contributed by atoms with Crippen LogP contribution in [0.2, 0.25) is 0 Å². The molecule has 5 nitrogen and oxygen atoms in total. The van der Waals surface area contributed by atoms with Crippen molar-refractivity contribution in [1.29, 1.82) is 5.26 Å². The van der Waals surface area contributed by atoms with E-state index in [0.29, 0.717) is 11.4 Å². The summed E-state index contributed by atoms with van der Waals surface area (Å²) in [6.07, 6.45) is 5.47. The average Bonchev–Trinajstić information content (AvgIpc) is 3.21. The lowest BCUT2D eigenvalue weighted by atomic mass is 10.1. The van der Waals surface area contributed by atoms with Crippen molar-refractivity contribution >= 4 is 22.7 Å². The molecule has 3 aromatic heterocycles. The largest absolute Gasteiger partial charge is 0.337 e. The first-order valence-electron chi connectivity index (χ1n) is 8.33. The number of aryl methyl sites for hydroxylation is 1. The molecule has 0 aliphatic carbocycles. The highest BCUT2D eigenvalue weighted by Gasteiger charge is 2.12. The van der Waals surface area contributed by atoms with Crippen molar-refractivity contribution in [3.63, 3.8) is 0 Å². The molecule has 0 saturated heterocycles. The summed E-state index contributed by atoms with van der Waals surface area (Å²) in [6.45, 7) is 4.09. The Labute approximate surface area is 151 Å². The fourth-order valence-corrected chi connectivity index (χ4v) is 3.21. The van der Waals surface area contributed by atoms with Gasteiger partial charge in [-0.2, -0.15) is 5.26 Å².